The van der Waals surface area contributed by atoms with Gasteiger partial charge in [-0.3, -0.25) is 9.78 Å². The van der Waals surface area contributed by atoms with Crippen molar-refractivity contribution >= 4 is 30.1 Å². The van der Waals surface area contributed by atoms with Crippen LogP contribution >= 0.6 is 24.2 Å². The van der Waals surface area contributed by atoms with Crippen LogP contribution in [0.4, 0.5) is 0 Å². The van der Waals surface area contributed by atoms with Crippen LogP contribution in [0.2, 0.25) is 5.02 Å². The van der Waals surface area contributed by atoms with Crippen LogP contribution in [-0.4, -0.2) is 10.9 Å². The van der Waals surface area contributed by atoms with Crippen molar-refractivity contribution in [1.82, 2.24) is 4.98 Å². The van der Waals surface area contributed by atoms with E-state index >= 15 is 0 Å². The molecule has 0 fully saturated rings. The van der Waals surface area contributed by atoms with Crippen LogP contribution in [0.25, 0.3) is 10.4 Å². The van der Waals surface area contributed by atoms with E-state index in [9.17, 15) is 4.79 Å². The summed E-state index contributed by atoms with van der Waals surface area (Å²) in [4.78, 5) is 17.3. The first-order valence-corrected chi connectivity index (χ1v) is 4.54. The van der Waals surface area contributed by atoms with Crippen molar-refractivity contribution in [1.29, 1.82) is 0 Å². The van der Waals surface area contributed by atoms with E-state index in [0.717, 1.165) is 0 Å². The molecule has 0 saturated carbocycles. The van der Waals surface area contributed by atoms with E-state index in [-0.39, 0.29) is 5.56 Å². The summed E-state index contributed by atoms with van der Waals surface area (Å²) >= 11 is 9.77. The number of amides is 1. The highest BCUT2D eigenvalue weighted by atomic mass is 35.5. The van der Waals surface area contributed by atoms with Crippen LogP contribution in [0, 0.1) is 0 Å². The first kappa shape index (κ1) is 10.8. The molecule has 0 atom stereocenters. The molecule has 14 heavy (non-hydrogen) atoms. The Kier molecular flexibility index (Phi) is 3.76. The van der Waals surface area contributed by atoms with Gasteiger partial charge in [0.2, 0.25) is 0 Å². The maximum absolute atomic E-state index is 11.1. The maximum Gasteiger partial charge on any atom is 0.250 e. The minimum atomic E-state index is -0.701. The van der Waals surface area contributed by atoms with Gasteiger partial charge in [-0.2, -0.15) is 12.6 Å². The van der Waals surface area contributed by atoms with Gasteiger partial charge in [-0.1, -0.05) is 11.6 Å². The zero-order valence-corrected chi connectivity index (χ0v) is 8.53. The van der Waals surface area contributed by atoms with E-state index in [1.165, 1.54) is 12.3 Å². The summed E-state index contributed by atoms with van der Waals surface area (Å²) < 4.78 is 0. The quantitative estimate of drug-likeness (QED) is 0.365. The molecular formula is C7H5ClN4OS. The average molecular weight is 229 g/mol. The Balaban J connectivity index is 3.08. The lowest BCUT2D eigenvalue weighted by Crippen LogP contribution is -1.97. The van der Waals surface area contributed by atoms with Crippen molar-refractivity contribution in [2.75, 3.05) is 0 Å². The highest BCUT2D eigenvalue weighted by Gasteiger charge is 2.07. The molecule has 0 saturated heterocycles. The Morgan fingerprint density at radius 2 is 2.50 bits per heavy atom. The van der Waals surface area contributed by atoms with E-state index in [1.54, 1.807) is 0 Å². The molecule has 0 bridgehead atoms. The van der Waals surface area contributed by atoms with E-state index in [0.29, 0.717) is 16.5 Å². The van der Waals surface area contributed by atoms with E-state index in [2.05, 4.69) is 27.6 Å². The molecule has 0 aromatic carbocycles. The molecular weight excluding hydrogens is 224 g/mol. The number of azide groups is 1. The fourth-order valence-electron chi connectivity index (χ4n) is 0.798. The summed E-state index contributed by atoms with van der Waals surface area (Å²) in [7, 11) is 0. The number of hydrogen-bond acceptors (Lipinski definition) is 3. The smallest absolute Gasteiger partial charge is 0.250 e. The number of pyridine rings is 1. The molecule has 0 unspecified atom stereocenters. The van der Waals surface area contributed by atoms with Gasteiger partial charge in [-0.25, -0.2) is 0 Å². The van der Waals surface area contributed by atoms with Gasteiger partial charge in [0.15, 0.2) is 0 Å². The van der Waals surface area contributed by atoms with E-state index in [1.807, 2.05) is 0 Å². The SMILES string of the molecule is [N-]=[N+]=NC(=O)c1cnc(CS)c(Cl)c1. The summed E-state index contributed by atoms with van der Waals surface area (Å²) in [5.41, 5.74) is 8.78. The zero-order chi connectivity index (χ0) is 10.6. The van der Waals surface area contributed by atoms with Crippen molar-refractivity contribution in [3.8, 4) is 0 Å². The minimum Gasteiger partial charge on any atom is -0.287 e. The van der Waals surface area contributed by atoms with Gasteiger partial charge in [-0.15, -0.1) is 0 Å². The van der Waals surface area contributed by atoms with E-state index in [4.69, 9.17) is 17.1 Å². The maximum atomic E-state index is 11.1. The van der Waals surface area contributed by atoms with Gasteiger partial charge in [0.1, 0.15) is 0 Å². The van der Waals surface area contributed by atoms with Gasteiger partial charge < -0.3 is 0 Å². The molecule has 1 rings (SSSR count). The Morgan fingerprint density at radius 1 is 1.79 bits per heavy atom. The second-order valence-corrected chi connectivity index (χ2v) is 3.03. The summed E-state index contributed by atoms with van der Waals surface area (Å²) in [5.74, 6) is -0.318. The van der Waals surface area contributed by atoms with Crippen LogP contribution in [0.5, 0.6) is 0 Å². The van der Waals surface area contributed by atoms with Gasteiger partial charge in [-0.05, 0) is 16.7 Å². The third-order valence-corrected chi connectivity index (χ3v) is 2.08. The lowest BCUT2D eigenvalue weighted by atomic mass is 10.2. The Hall–Kier alpha value is -1.23. The van der Waals surface area contributed by atoms with Crippen molar-refractivity contribution in [3.63, 3.8) is 0 Å². The van der Waals surface area contributed by atoms with Crippen molar-refractivity contribution in [2.24, 2.45) is 5.11 Å². The Labute approximate surface area is 90.1 Å². The van der Waals surface area contributed by atoms with Gasteiger partial charge in [0, 0.05) is 22.4 Å². The normalized spacial score (nSPS) is 9.29. The topological polar surface area (TPSA) is 78.7 Å². The summed E-state index contributed by atoms with van der Waals surface area (Å²) in [5, 5.41) is 3.25. The predicted octanol–water partition coefficient (Wildman–Crippen LogP) is 2.62. The van der Waals surface area contributed by atoms with Crippen LogP contribution in [0.3, 0.4) is 0 Å². The van der Waals surface area contributed by atoms with Crippen LogP contribution in [0.15, 0.2) is 17.4 Å². The van der Waals surface area contributed by atoms with Gasteiger partial charge >= 0.3 is 0 Å². The molecule has 7 heteroatoms. The molecule has 0 spiro atoms. The van der Waals surface area contributed by atoms with Crippen molar-refractivity contribution < 1.29 is 4.79 Å². The molecule has 1 heterocycles. The molecule has 0 N–H and O–H groups in total. The number of aromatic nitrogens is 1. The summed E-state index contributed by atoms with van der Waals surface area (Å²) in [6, 6.07) is 1.40. The molecule has 1 aromatic heterocycles. The molecule has 1 amide bonds. The van der Waals surface area contributed by atoms with Gasteiger partial charge in [0.25, 0.3) is 5.91 Å². The number of halogens is 1. The fourth-order valence-corrected chi connectivity index (χ4v) is 1.38. The van der Waals surface area contributed by atoms with Crippen molar-refractivity contribution in [2.45, 2.75) is 5.75 Å². The monoisotopic (exact) mass is 228 g/mol. The molecule has 5 nitrogen and oxygen atoms in total. The van der Waals surface area contributed by atoms with E-state index < -0.39 is 5.91 Å². The van der Waals surface area contributed by atoms with Crippen LogP contribution < -0.4 is 0 Å². The van der Waals surface area contributed by atoms with Crippen molar-refractivity contribution in [3.05, 3.63) is 39.0 Å². The second-order valence-electron chi connectivity index (χ2n) is 2.31. The molecule has 0 aliphatic heterocycles. The lowest BCUT2D eigenvalue weighted by Gasteiger charge is -2.00. The lowest BCUT2D eigenvalue weighted by molar-refractivity contribution is 0.1000. The third kappa shape index (κ3) is 2.38. The first-order valence-electron chi connectivity index (χ1n) is 3.53. The highest BCUT2D eigenvalue weighted by molar-refractivity contribution is 7.79. The molecule has 72 valence electrons. The largest absolute Gasteiger partial charge is 0.287 e. The number of rotatable bonds is 2. The number of thiol groups is 1. The third-order valence-electron chi connectivity index (χ3n) is 1.45. The molecule has 0 radical (unpaired) electrons. The second kappa shape index (κ2) is 4.85. The molecule has 0 aliphatic carbocycles. The van der Waals surface area contributed by atoms with Crippen LogP contribution in [-0.2, 0) is 5.75 Å². The van der Waals surface area contributed by atoms with Gasteiger partial charge in [0.05, 0.1) is 10.7 Å². The summed E-state index contributed by atoms with van der Waals surface area (Å²) in [6.07, 6.45) is 1.30. The average Bonchev–Trinajstić information content (AvgIpc) is 2.18. The Bertz CT molecular complexity index is 416. The standard InChI is InChI=1S/C7H5ClN4OS/c8-5-1-4(7(13)11-12-9)2-10-6(5)3-14/h1-2,14H,3H2. The molecule has 0 aliphatic rings. The zero-order valence-electron chi connectivity index (χ0n) is 6.88. The highest BCUT2D eigenvalue weighted by Crippen LogP contribution is 2.17. The minimum absolute atomic E-state index is 0.165. The Morgan fingerprint density at radius 3 is 3.00 bits per heavy atom. The number of carbonyl (C=O) groups is 1. The summed E-state index contributed by atoms with van der Waals surface area (Å²) in [6.45, 7) is 0. The van der Waals surface area contributed by atoms with Crippen LogP contribution in [0.1, 0.15) is 16.1 Å². The fraction of sp³-hybridized carbons (Fsp3) is 0.143. The first-order chi connectivity index (χ1) is 6.69. The number of nitrogens with zero attached hydrogens (tertiary/aromatic N) is 4. The number of hydrogen-bond donors (Lipinski definition) is 1. The predicted molar refractivity (Wildman–Crippen MR) is 55.4 cm³/mol. The molecule has 1 aromatic rings. The number of carbonyl (C=O) groups excluding carboxylic acids is 1.